The van der Waals surface area contributed by atoms with Gasteiger partial charge in [0.2, 0.25) is 5.91 Å². The van der Waals surface area contributed by atoms with E-state index in [0.29, 0.717) is 22.1 Å². The van der Waals surface area contributed by atoms with Crippen LogP contribution in [0.2, 0.25) is 5.02 Å². The normalized spacial score (nSPS) is 10.5. The third kappa shape index (κ3) is 5.68. The Labute approximate surface area is 150 Å². The smallest absolute Gasteiger partial charge is 0.267 e. The van der Waals surface area contributed by atoms with Crippen molar-refractivity contribution in [3.63, 3.8) is 0 Å². The fraction of sp³-hybridized carbons (Fsp3) is 0.0556. The van der Waals surface area contributed by atoms with Crippen LogP contribution < -0.4 is 16.0 Å². The molecule has 2 rings (SSSR count). The SMILES string of the molecule is CC(=O)Nc1ccc(NC(=O)/C(C#N)=C\Nc2cccc(Cl)c2)cc1. The topological polar surface area (TPSA) is 94.0 Å². The molecule has 7 heteroatoms. The summed E-state index contributed by atoms with van der Waals surface area (Å²) in [5.41, 5.74) is 1.69. The van der Waals surface area contributed by atoms with E-state index >= 15 is 0 Å². The fourth-order valence-corrected chi connectivity index (χ4v) is 2.11. The molecule has 3 N–H and O–H groups in total. The number of hydrogen-bond acceptors (Lipinski definition) is 4. The number of anilines is 3. The van der Waals surface area contributed by atoms with E-state index in [4.69, 9.17) is 16.9 Å². The molecule has 0 aliphatic rings. The highest BCUT2D eigenvalue weighted by molar-refractivity contribution is 6.30. The summed E-state index contributed by atoms with van der Waals surface area (Å²) in [6, 6.07) is 15.3. The third-order valence-electron chi connectivity index (χ3n) is 3.04. The maximum absolute atomic E-state index is 12.2. The van der Waals surface area contributed by atoms with Gasteiger partial charge in [-0.25, -0.2) is 0 Å². The van der Waals surface area contributed by atoms with Crippen LogP contribution in [0.3, 0.4) is 0 Å². The largest absolute Gasteiger partial charge is 0.360 e. The minimum absolute atomic E-state index is 0.0917. The van der Waals surface area contributed by atoms with Crippen LogP contribution in [0.4, 0.5) is 17.1 Å². The number of rotatable bonds is 5. The highest BCUT2D eigenvalue weighted by atomic mass is 35.5. The van der Waals surface area contributed by atoms with Crippen LogP contribution in [-0.4, -0.2) is 11.8 Å². The Balaban J connectivity index is 2.03. The number of amides is 2. The number of carbonyl (C=O) groups is 2. The molecule has 2 aromatic carbocycles. The van der Waals surface area contributed by atoms with Gasteiger partial charge in [-0.3, -0.25) is 9.59 Å². The summed E-state index contributed by atoms with van der Waals surface area (Å²) in [4.78, 5) is 23.1. The van der Waals surface area contributed by atoms with Crippen molar-refractivity contribution in [1.29, 1.82) is 5.26 Å². The third-order valence-corrected chi connectivity index (χ3v) is 3.27. The maximum atomic E-state index is 12.2. The molecular weight excluding hydrogens is 340 g/mol. The molecule has 2 aromatic rings. The summed E-state index contributed by atoms with van der Waals surface area (Å²) < 4.78 is 0. The van der Waals surface area contributed by atoms with E-state index in [2.05, 4.69) is 16.0 Å². The summed E-state index contributed by atoms with van der Waals surface area (Å²) in [5, 5.41) is 17.8. The van der Waals surface area contributed by atoms with E-state index in [1.165, 1.54) is 13.1 Å². The number of nitrogens with zero attached hydrogens (tertiary/aromatic N) is 1. The Morgan fingerprint density at radius 3 is 2.24 bits per heavy atom. The molecule has 0 spiro atoms. The molecule has 0 fully saturated rings. The summed E-state index contributed by atoms with van der Waals surface area (Å²) in [5.74, 6) is -0.733. The lowest BCUT2D eigenvalue weighted by Gasteiger charge is -2.07. The zero-order valence-corrected chi connectivity index (χ0v) is 14.1. The highest BCUT2D eigenvalue weighted by Gasteiger charge is 2.09. The van der Waals surface area contributed by atoms with Crippen molar-refractivity contribution < 1.29 is 9.59 Å². The molecule has 25 heavy (non-hydrogen) atoms. The van der Waals surface area contributed by atoms with Gasteiger partial charge in [-0.15, -0.1) is 0 Å². The van der Waals surface area contributed by atoms with Crippen molar-refractivity contribution in [3.8, 4) is 6.07 Å². The lowest BCUT2D eigenvalue weighted by atomic mass is 10.2. The van der Waals surface area contributed by atoms with E-state index < -0.39 is 5.91 Å². The van der Waals surface area contributed by atoms with Crippen LogP contribution in [0.5, 0.6) is 0 Å². The van der Waals surface area contributed by atoms with Gasteiger partial charge in [-0.1, -0.05) is 17.7 Å². The van der Waals surface area contributed by atoms with E-state index in [0.717, 1.165) is 0 Å². The predicted octanol–water partition coefficient (Wildman–Crippen LogP) is 3.76. The first-order valence-electron chi connectivity index (χ1n) is 7.29. The molecule has 0 bridgehead atoms. The minimum Gasteiger partial charge on any atom is -0.360 e. The molecule has 0 aliphatic heterocycles. The molecule has 0 atom stereocenters. The van der Waals surface area contributed by atoms with Gasteiger partial charge < -0.3 is 16.0 Å². The Bertz CT molecular complexity index is 854. The van der Waals surface area contributed by atoms with Crippen molar-refractivity contribution in [1.82, 2.24) is 0 Å². The number of halogens is 1. The van der Waals surface area contributed by atoms with Crippen molar-refractivity contribution in [2.45, 2.75) is 6.92 Å². The Hall–Kier alpha value is -3.30. The van der Waals surface area contributed by atoms with E-state index in [1.807, 2.05) is 6.07 Å². The number of benzene rings is 2. The first-order valence-corrected chi connectivity index (χ1v) is 7.67. The first-order chi connectivity index (χ1) is 12.0. The van der Waals surface area contributed by atoms with Gasteiger partial charge in [0.1, 0.15) is 11.6 Å². The van der Waals surface area contributed by atoms with Gasteiger partial charge in [0.25, 0.3) is 5.91 Å². The van der Waals surface area contributed by atoms with Gasteiger partial charge in [0, 0.05) is 35.2 Å². The Morgan fingerprint density at radius 2 is 1.68 bits per heavy atom. The van der Waals surface area contributed by atoms with Crippen LogP contribution in [0.25, 0.3) is 0 Å². The number of nitrogens with one attached hydrogen (secondary N) is 3. The van der Waals surface area contributed by atoms with E-state index in [1.54, 1.807) is 48.5 Å². The molecule has 6 nitrogen and oxygen atoms in total. The highest BCUT2D eigenvalue weighted by Crippen LogP contribution is 2.16. The molecule has 0 radical (unpaired) electrons. The summed E-state index contributed by atoms with van der Waals surface area (Å²) in [6.45, 7) is 1.41. The van der Waals surface area contributed by atoms with Crippen molar-refractivity contribution in [2.75, 3.05) is 16.0 Å². The Kier molecular flexibility index (Phi) is 6.15. The molecule has 2 amide bonds. The van der Waals surface area contributed by atoms with Crippen molar-refractivity contribution in [3.05, 3.63) is 65.3 Å². The average Bonchev–Trinajstić information content (AvgIpc) is 2.57. The summed E-state index contributed by atoms with van der Waals surface area (Å²) in [6.07, 6.45) is 1.31. The van der Waals surface area contributed by atoms with E-state index in [-0.39, 0.29) is 11.5 Å². The van der Waals surface area contributed by atoms with Crippen LogP contribution in [0.15, 0.2) is 60.3 Å². The van der Waals surface area contributed by atoms with Gasteiger partial charge in [-0.05, 0) is 42.5 Å². The van der Waals surface area contributed by atoms with Crippen molar-refractivity contribution >= 4 is 40.5 Å². The Morgan fingerprint density at radius 1 is 1.04 bits per heavy atom. The molecule has 126 valence electrons. The molecular formula is C18H15ClN4O2. The van der Waals surface area contributed by atoms with Gasteiger partial charge in [0.15, 0.2) is 0 Å². The van der Waals surface area contributed by atoms with Crippen LogP contribution in [0.1, 0.15) is 6.92 Å². The minimum atomic E-state index is -0.552. The first kappa shape index (κ1) is 18.0. The van der Waals surface area contributed by atoms with Crippen LogP contribution >= 0.6 is 11.6 Å². The number of nitriles is 1. The molecule has 0 heterocycles. The van der Waals surface area contributed by atoms with Crippen LogP contribution in [0, 0.1) is 11.3 Å². The van der Waals surface area contributed by atoms with Gasteiger partial charge in [-0.2, -0.15) is 5.26 Å². The number of carbonyl (C=O) groups excluding carboxylic acids is 2. The fourth-order valence-electron chi connectivity index (χ4n) is 1.92. The average molecular weight is 355 g/mol. The molecule has 0 saturated carbocycles. The lowest BCUT2D eigenvalue weighted by molar-refractivity contribution is -0.114. The molecule has 0 unspecified atom stereocenters. The lowest BCUT2D eigenvalue weighted by Crippen LogP contribution is -2.14. The second kappa shape index (κ2) is 8.52. The van der Waals surface area contributed by atoms with Gasteiger partial charge >= 0.3 is 0 Å². The van der Waals surface area contributed by atoms with Gasteiger partial charge in [0.05, 0.1) is 0 Å². The van der Waals surface area contributed by atoms with E-state index in [9.17, 15) is 9.59 Å². The predicted molar refractivity (Wildman–Crippen MR) is 98.1 cm³/mol. The molecule has 0 aromatic heterocycles. The molecule has 0 aliphatic carbocycles. The standard InChI is InChI=1S/C18H15ClN4O2/c1-12(24)22-15-5-7-16(8-6-15)23-18(25)13(10-20)11-21-17-4-2-3-14(19)9-17/h2-9,11,21H,1H3,(H,22,24)(H,23,25)/b13-11-. The maximum Gasteiger partial charge on any atom is 0.267 e. The zero-order chi connectivity index (χ0) is 18.2. The quantitative estimate of drug-likeness (QED) is 0.563. The zero-order valence-electron chi connectivity index (χ0n) is 13.3. The monoisotopic (exact) mass is 354 g/mol. The summed E-state index contributed by atoms with van der Waals surface area (Å²) in [7, 11) is 0. The number of hydrogen-bond donors (Lipinski definition) is 3. The second-order valence-electron chi connectivity index (χ2n) is 5.04. The summed E-state index contributed by atoms with van der Waals surface area (Å²) >= 11 is 5.88. The molecule has 0 saturated heterocycles. The van der Waals surface area contributed by atoms with Crippen molar-refractivity contribution in [2.24, 2.45) is 0 Å². The second-order valence-corrected chi connectivity index (χ2v) is 5.47. The van der Waals surface area contributed by atoms with Crippen LogP contribution in [-0.2, 0) is 9.59 Å².